The molecular formula is C24H34O7S2. The summed E-state index contributed by atoms with van der Waals surface area (Å²) >= 11 is 0. The van der Waals surface area contributed by atoms with Gasteiger partial charge in [-0.15, -0.1) is 0 Å². The Balaban J connectivity index is 1.91. The van der Waals surface area contributed by atoms with Gasteiger partial charge in [0, 0.05) is 0 Å². The highest BCUT2D eigenvalue weighted by Gasteiger charge is 2.19. The van der Waals surface area contributed by atoms with Gasteiger partial charge in [0.05, 0.1) is 4.90 Å². The Kier molecular flexibility index (Phi) is 10.8. The van der Waals surface area contributed by atoms with Gasteiger partial charge in [0.1, 0.15) is 16.4 Å². The molecule has 0 radical (unpaired) electrons. The summed E-state index contributed by atoms with van der Waals surface area (Å²) in [5.74, 6) is 0.0960. The fourth-order valence-corrected chi connectivity index (χ4v) is 4.76. The molecule has 0 spiro atoms. The van der Waals surface area contributed by atoms with E-state index < -0.39 is 20.2 Å². The van der Waals surface area contributed by atoms with Gasteiger partial charge < -0.3 is 4.74 Å². The smallest absolute Gasteiger partial charge is 0.298 e. The summed E-state index contributed by atoms with van der Waals surface area (Å²) in [6, 6.07) is 9.48. The minimum Gasteiger partial charge on any atom is -0.456 e. The van der Waals surface area contributed by atoms with Crippen LogP contribution in [-0.4, -0.2) is 25.9 Å². The highest BCUT2D eigenvalue weighted by atomic mass is 32.2. The average Bonchev–Trinajstić information content (AvgIpc) is 2.75. The topological polar surface area (TPSA) is 118 Å². The highest BCUT2D eigenvalue weighted by molar-refractivity contribution is 7.86. The van der Waals surface area contributed by atoms with E-state index in [1.807, 2.05) is 0 Å². The molecular weight excluding hydrogens is 464 g/mol. The van der Waals surface area contributed by atoms with Crippen LogP contribution in [0.15, 0.2) is 52.3 Å². The SMILES string of the molecule is CCCCCCCCCCCCc1ccc(Oc2ccc(S(=O)(=O)O)cc2)c(S(=O)(=O)O)c1. The van der Waals surface area contributed by atoms with Crippen LogP contribution in [0.1, 0.15) is 76.7 Å². The van der Waals surface area contributed by atoms with Crippen molar-refractivity contribution in [3.63, 3.8) is 0 Å². The lowest BCUT2D eigenvalue weighted by molar-refractivity contribution is 0.449. The van der Waals surface area contributed by atoms with Crippen LogP contribution in [0, 0.1) is 0 Å². The number of aryl methyl sites for hydroxylation is 1. The quantitative estimate of drug-likeness (QED) is 0.214. The average molecular weight is 499 g/mol. The van der Waals surface area contributed by atoms with E-state index in [9.17, 15) is 21.4 Å². The largest absolute Gasteiger partial charge is 0.456 e. The van der Waals surface area contributed by atoms with Crippen molar-refractivity contribution in [1.29, 1.82) is 0 Å². The van der Waals surface area contributed by atoms with Crippen molar-refractivity contribution in [2.75, 3.05) is 0 Å². The van der Waals surface area contributed by atoms with E-state index in [-0.39, 0.29) is 21.3 Å². The first kappa shape index (κ1) is 27.3. The number of hydrogen-bond acceptors (Lipinski definition) is 5. The monoisotopic (exact) mass is 498 g/mol. The zero-order chi connectivity index (χ0) is 24.3. The molecule has 0 aliphatic rings. The predicted octanol–water partition coefficient (Wildman–Crippen LogP) is 6.44. The Morgan fingerprint density at radius 1 is 0.697 bits per heavy atom. The van der Waals surface area contributed by atoms with Crippen molar-refractivity contribution in [2.45, 2.75) is 87.3 Å². The molecule has 0 aliphatic heterocycles. The first-order valence-electron chi connectivity index (χ1n) is 11.5. The van der Waals surface area contributed by atoms with Crippen molar-refractivity contribution in [3.8, 4) is 11.5 Å². The minimum atomic E-state index is -4.52. The summed E-state index contributed by atoms with van der Waals surface area (Å²) in [6.07, 6.45) is 12.8. The van der Waals surface area contributed by atoms with Gasteiger partial charge in [-0.3, -0.25) is 9.11 Å². The van der Waals surface area contributed by atoms with Gasteiger partial charge in [0.15, 0.2) is 0 Å². The van der Waals surface area contributed by atoms with Gasteiger partial charge in [0.2, 0.25) is 0 Å². The molecule has 2 aromatic rings. The lowest BCUT2D eigenvalue weighted by atomic mass is 10.0. The van der Waals surface area contributed by atoms with Crippen LogP contribution >= 0.6 is 0 Å². The first-order valence-corrected chi connectivity index (χ1v) is 14.3. The zero-order valence-corrected chi connectivity index (χ0v) is 20.7. The number of ether oxygens (including phenoxy) is 1. The Labute approximate surface area is 197 Å². The molecule has 9 heteroatoms. The summed E-state index contributed by atoms with van der Waals surface area (Å²) < 4.78 is 70.3. The van der Waals surface area contributed by atoms with Crippen LogP contribution in [0.2, 0.25) is 0 Å². The molecule has 0 saturated carbocycles. The summed E-state index contributed by atoms with van der Waals surface area (Å²) in [4.78, 5) is -0.650. The zero-order valence-electron chi connectivity index (χ0n) is 19.1. The number of rotatable bonds is 15. The molecule has 2 N–H and O–H groups in total. The third-order valence-electron chi connectivity index (χ3n) is 5.45. The Hall–Kier alpha value is -1.94. The molecule has 7 nitrogen and oxygen atoms in total. The Morgan fingerprint density at radius 2 is 1.24 bits per heavy atom. The van der Waals surface area contributed by atoms with Gasteiger partial charge in [-0.05, 0) is 54.8 Å². The van der Waals surface area contributed by atoms with E-state index in [2.05, 4.69) is 6.92 Å². The number of hydrogen-bond donors (Lipinski definition) is 2. The van der Waals surface area contributed by atoms with Crippen molar-refractivity contribution in [3.05, 3.63) is 48.0 Å². The molecule has 0 aromatic heterocycles. The lowest BCUT2D eigenvalue weighted by Gasteiger charge is -2.12. The summed E-state index contributed by atoms with van der Waals surface area (Å²) in [6.45, 7) is 2.22. The van der Waals surface area contributed by atoms with Gasteiger partial charge >= 0.3 is 0 Å². The second kappa shape index (κ2) is 13.1. The molecule has 184 valence electrons. The van der Waals surface area contributed by atoms with Crippen LogP contribution in [0.5, 0.6) is 11.5 Å². The molecule has 0 aliphatic carbocycles. The van der Waals surface area contributed by atoms with Crippen LogP contribution in [0.4, 0.5) is 0 Å². The van der Waals surface area contributed by atoms with Crippen LogP contribution < -0.4 is 4.74 Å². The number of benzene rings is 2. The van der Waals surface area contributed by atoms with E-state index in [4.69, 9.17) is 9.29 Å². The maximum absolute atomic E-state index is 11.9. The van der Waals surface area contributed by atoms with Crippen LogP contribution in [-0.2, 0) is 26.7 Å². The summed E-state index contributed by atoms with van der Waals surface area (Å²) in [5.41, 5.74) is 0.788. The van der Waals surface area contributed by atoms with Gasteiger partial charge in [0.25, 0.3) is 20.2 Å². The second-order valence-electron chi connectivity index (χ2n) is 8.24. The van der Waals surface area contributed by atoms with Crippen LogP contribution in [0.25, 0.3) is 0 Å². The molecule has 0 bridgehead atoms. The Bertz CT molecular complexity index is 1080. The third-order valence-corrected chi connectivity index (χ3v) is 7.20. The van der Waals surface area contributed by atoms with E-state index >= 15 is 0 Å². The van der Waals surface area contributed by atoms with Crippen molar-refractivity contribution < 1.29 is 30.7 Å². The molecule has 0 fully saturated rings. The maximum Gasteiger partial charge on any atom is 0.298 e. The fraction of sp³-hybridized carbons (Fsp3) is 0.500. The van der Waals surface area contributed by atoms with E-state index in [1.54, 1.807) is 6.07 Å². The molecule has 0 heterocycles. The predicted molar refractivity (Wildman–Crippen MR) is 128 cm³/mol. The van der Waals surface area contributed by atoms with Crippen LogP contribution in [0.3, 0.4) is 0 Å². The molecule has 2 aromatic carbocycles. The molecule has 2 rings (SSSR count). The van der Waals surface area contributed by atoms with Crippen molar-refractivity contribution in [2.24, 2.45) is 0 Å². The normalized spacial score (nSPS) is 12.1. The van der Waals surface area contributed by atoms with Crippen molar-refractivity contribution >= 4 is 20.2 Å². The summed E-state index contributed by atoms with van der Waals surface area (Å²) in [5, 5.41) is 0. The van der Waals surface area contributed by atoms with Gasteiger partial charge in [-0.1, -0.05) is 70.8 Å². The third kappa shape index (κ3) is 9.83. The molecule has 33 heavy (non-hydrogen) atoms. The standard InChI is InChI=1S/C24H34O7S2/c1-2-3-4-5-6-7-8-9-10-11-12-20-13-18-23(24(19-20)33(28,29)30)31-21-14-16-22(17-15-21)32(25,26)27/h13-19H,2-12H2,1H3,(H,25,26,27)(H,28,29,30). The molecule has 0 amide bonds. The van der Waals surface area contributed by atoms with Gasteiger partial charge in [-0.25, -0.2) is 0 Å². The van der Waals surface area contributed by atoms with E-state index in [0.29, 0.717) is 6.42 Å². The summed E-state index contributed by atoms with van der Waals surface area (Å²) in [7, 11) is -8.86. The number of unbranched alkanes of at least 4 members (excludes halogenated alkanes) is 9. The maximum atomic E-state index is 11.9. The fourth-order valence-electron chi connectivity index (χ4n) is 3.62. The lowest BCUT2D eigenvalue weighted by Crippen LogP contribution is -2.03. The molecule has 0 unspecified atom stereocenters. The minimum absolute atomic E-state index is 0.0658. The van der Waals surface area contributed by atoms with E-state index in [0.717, 1.165) is 37.0 Å². The van der Waals surface area contributed by atoms with E-state index in [1.165, 1.54) is 69.2 Å². The molecule has 0 atom stereocenters. The molecule has 0 saturated heterocycles. The second-order valence-corrected chi connectivity index (χ2v) is 11.0. The first-order chi connectivity index (χ1) is 15.6. The van der Waals surface area contributed by atoms with Crippen molar-refractivity contribution in [1.82, 2.24) is 0 Å². The Morgan fingerprint density at radius 3 is 1.76 bits per heavy atom. The van der Waals surface area contributed by atoms with Gasteiger partial charge in [-0.2, -0.15) is 16.8 Å². The highest BCUT2D eigenvalue weighted by Crippen LogP contribution is 2.31.